The molecule has 3 aromatic rings. The first-order valence-electron chi connectivity index (χ1n) is 9.45. The molecule has 4 rings (SSSR count). The molecule has 1 aromatic heterocycles. The van der Waals surface area contributed by atoms with E-state index in [0.717, 1.165) is 47.6 Å². The van der Waals surface area contributed by atoms with Crippen LogP contribution in [0.4, 0.5) is 5.82 Å². The van der Waals surface area contributed by atoms with Gasteiger partial charge in [-0.25, -0.2) is 0 Å². The minimum atomic E-state index is -0.0671. The molecule has 0 bridgehead atoms. The second-order valence-electron chi connectivity index (χ2n) is 7.01. The number of fused-ring (bicyclic) bond motifs is 1. The monoisotopic (exact) mass is 376 g/mol. The standard InChI is InChI=1S/C22H24N4O2/c1-14-21(16-6-4-8-18(11-16)28-2)22(26-25-14)24-20(27)12-15-5-3-7-17-13-23-10-9-19(15)17/h3-8,11,23H,9-10,12-13H2,1-2H3,(H2,24,25,26,27). The highest BCUT2D eigenvalue weighted by Crippen LogP contribution is 2.31. The maximum Gasteiger partial charge on any atom is 0.230 e. The van der Waals surface area contributed by atoms with Crippen LogP contribution in [0.3, 0.4) is 0 Å². The zero-order chi connectivity index (χ0) is 19.5. The Balaban J connectivity index is 1.56. The van der Waals surface area contributed by atoms with Crippen LogP contribution in [0.2, 0.25) is 0 Å². The molecule has 3 N–H and O–H groups in total. The Morgan fingerprint density at radius 1 is 1.25 bits per heavy atom. The predicted molar refractivity (Wildman–Crippen MR) is 109 cm³/mol. The van der Waals surface area contributed by atoms with Crippen LogP contribution in [-0.4, -0.2) is 29.8 Å². The second-order valence-corrected chi connectivity index (χ2v) is 7.01. The van der Waals surface area contributed by atoms with Gasteiger partial charge in [0, 0.05) is 17.8 Å². The number of aromatic nitrogens is 2. The first kappa shape index (κ1) is 18.3. The summed E-state index contributed by atoms with van der Waals surface area (Å²) in [7, 11) is 1.64. The molecule has 0 saturated heterocycles. The predicted octanol–water partition coefficient (Wildman–Crippen LogP) is 3.22. The molecule has 0 atom stereocenters. The number of nitrogens with zero attached hydrogens (tertiary/aromatic N) is 1. The van der Waals surface area contributed by atoms with Crippen LogP contribution in [0.25, 0.3) is 11.1 Å². The van der Waals surface area contributed by atoms with Crippen molar-refractivity contribution in [2.75, 3.05) is 19.0 Å². The van der Waals surface area contributed by atoms with Crippen molar-refractivity contribution < 1.29 is 9.53 Å². The molecule has 2 heterocycles. The van der Waals surface area contributed by atoms with E-state index in [9.17, 15) is 4.79 Å². The summed E-state index contributed by atoms with van der Waals surface area (Å²) in [5.41, 5.74) is 6.39. The number of hydrogen-bond donors (Lipinski definition) is 3. The lowest BCUT2D eigenvalue weighted by Gasteiger charge is -2.20. The summed E-state index contributed by atoms with van der Waals surface area (Å²) < 4.78 is 5.32. The highest BCUT2D eigenvalue weighted by Gasteiger charge is 2.18. The number of aryl methyl sites for hydroxylation is 1. The van der Waals surface area contributed by atoms with E-state index in [4.69, 9.17) is 4.74 Å². The summed E-state index contributed by atoms with van der Waals surface area (Å²) in [6.07, 6.45) is 1.29. The number of anilines is 1. The number of aromatic amines is 1. The van der Waals surface area contributed by atoms with Gasteiger partial charge in [-0.1, -0.05) is 30.3 Å². The van der Waals surface area contributed by atoms with Gasteiger partial charge in [0.1, 0.15) is 5.75 Å². The van der Waals surface area contributed by atoms with Crippen LogP contribution in [-0.2, 0) is 24.2 Å². The third kappa shape index (κ3) is 3.64. The van der Waals surface area contributed by atoms with E-state index in [2.05, 4.69) is 26.9 Å². The molecule has 28 heavy (non-hydrogen) atoms. The highest BCUT2D eigenvalue weighted by molar-refractivity contribution is 5.96. The number of carbonyl (C=O) groups is 1. The Bertz CT molecular complexity index is 1010. The Morgan fingerprint density at radius 3 is 2.96 bits per heavy atom. The number of H-pyrrole nitrogens is 1. The third-order valence-electron chi connectivity index (χ3n) is 5.15. The van der Waals surface area contributed by atoms with Crippen molar-refractivity contribution in [1.82, 2.24) is 15.5 Å². The largest absolute Gasteiger partial charge is 0.497 e. The maximum absolute atomic E-state index is 12.8. The van der Waals surface area contributed by atoms with E-state index < -0.39 is 0 Å². The number of ether oxygens (including phenoxy) is 1. The van der Waals surface area contributed by atoms with Gasteiger partial charge in [0.05, 0.1) is 13.5 Å². The summed E-state index contributed by atoms with van der Waals surface area (Å²) in [6.45, 7) is 3.76. The molecule has 6 heteroatoms. The number of amides is 1. The van der Waals surface area contributed by atoms with Crippen LogP contribution in [0.15, 0.2) is 42.5 Å². The van der Waals surface area contributed by atoms with Gasteiger partial charge in [-0.15, -0.1) is 0 Å². The van der Waals surface area contributed by atoms with Crippen molar-refractivity contribution in [3.63, 3.8) is 0 Å². The van der Waals surface area contributed by atoms with Crippen molar-refractivity contribution in [3.8, 4) is 16.9 Å². The second kappa shape index (κ2) is 7.86. The van der Waals surface area contributed by atoms with Gasteiger partial charge in [-0.3, -0.25) is 9.89 Å². The molecule has 0 aliphatic carbocycles. The van der Waals surface area contributed by atoms with Gasteiger partial charge in [0.2, 0.25) is 5.91 Å². The van der Waals surface area contributed by atoms with E-state index in [1.807, 2.05) is 43.3 Å². The third-order valence-corrected chi connectivity index (χ3v) is 5.15. The fourth-order valence-corrected chi connectivity index (χ4v) is 3.78. The smallest absolute Gasteiger partial charge is 0.230 e. The highest BCUT2D eigenvalue weighted by atomic mass is 16.5. The zero-order valence-electron chi connectivity index (χ0n) is 16.1. The van der Waals surface area contributed by atoms with Crippen LogP contribution >= 0.6 is 0 Å². The summed E-state index contributed by atoms with van der Waals surface area (Å²) in [6, 6.07) is 13.9. The molecule has 0 spiro atoms. The Morgan fingerprint density at radius 2 is 2.11 bits per heavy atom. The molecule has 0 saturated carbocycles. The molecular formula is C22H24N4O2. The average Bonchev–Trinajstić information content (AvgIpc) is 3.08. The fraction of sp³-hybridized carbons (Fsp3) is 0.273. The van der Waals surface area contributed by atoms with Crippen molar-refractivity contribution in [2.45, 2.75) is 26.3 Å². The lowest BCUT2D eigenvalue weighted by atomic mass is 9.93. The first-order valence-corrected chi connectivity index (χ1v) is 9.45. The van der Waals surface area contributed by atoms with Gasteiger partial charge >= 0.3 is 0 Å². The summed E-state index contributed by atoms with van der Waals surface area (Å²) in [5.74, 6) is 1.24. The Labute approximate surface area is 164 Å². The molecule has 144 valence electrons. The molecular weight excluding hydrogens is 352 g/mol. The van der Waals surface area contributed by atoms with E-state index in [1.54, 1.807) is 7.11 Å². The van der Waals surface area contributed by atoms with Crippen molar-refractivity contribution in [3.05, 3.63) is 64.8 Å². The molecule has 1 aliphatic rings. The van der Waals surface area contributed by atoms with E-state index >= 15 is 0 Å². The quantitative estimate of drug-likeness (QED) is 0.639. The van der Waals surface area contributed by atoms with Crippen LogP contribution < -0.4 is 15.4 Å². The van der Waals surface area contributed by atoms with Crippen molar-refractivity contribution in [1.29, 1.82) is 0 Å². The van der Waals surface area contributed by atoms with Gasteiger partial charge in [0.25, 0.3) is 0 Å². The molecule has 0 radical (unpaired) electrons. The van der Waals surface area contributed by atoms with Gasteiger partial charge < -0.3 is 15.4 Å². The number of carbonyl (C=O) groups excluding carboxylic acids is 1. The van der Waals surface area contributed by atoms with Gasteiger partial charge in [-0.05, 0) is 54.3 Å². The molecule has 2 aromatic carbocycles. The Hall–Kier alpha value is -3.12. The van der Waals surface area contributed by atoms with Gasteiger partial charge in [0.15, 0.2) is 5.82 Å². The topological polar surface area (TPSA) is 79.0 Å². The van der Waals surface area contributed by atoms with E-state index in [-0.39, 0.29) is 5.91 Å². The van der Waals surface area contributed by atoms with Crippen LogP contribution in [0.1, 0.15) is 22.4 Å². The lowest BCUT2D eigenvalue weighted by molar-refractivity contribution is -0.115. The summed E-state index contributed by atoms with van der Waals surface area (Å²) >= 11 is 0. The number of rotatable bonds is 5. The lowest BCUT2D eigenvalue weighted by Crippen LogP contribution is -2.25. The molecule has 6 nitrogen and oxygen atoms in total. The average molecular weight is 376 g/mol. The number of benzene rings is 2. The number of methoxy groups -OCH3 is 1. The summed E-state index contributed by atoms with van der Waals surface area (Å²) in [4.78, 5) is 12.8. The minimum absolute atomic E-state index is 0.0671. The zero-order valence-corrected chi connectivity index (χ0v) is 16.1. The summed E-state index contributed by atoms with van der Waals surface area (Å²) in [5, 5.41) is 13.6. The fourth-order valence-electron chi connectivity index (χ4n) is 3.78. The molecule has 1 aliphatic heterocycles. The van der Waals surface area contributed by atoms with Crippen molar-refractivity contribution in [2.24, 2.45) is 0 Å². The van der Waals surface area contributed by atoms with Crippen molar-refractivity contribution >= 4 is 11.7 Å². The first-order chi connectivity index (χ1) is 13.7. The number of nitrogens with one attached hydrogen (secondary N) is 3. The molecule has 1 amide bonds. The van der Waals surface area contributed by atoms with E-state index in [0.29, 0.717) is 12.2 Å². The Kier molecular flexibility index (Phi) is 5.12. The minimum Gasteiger partial charge on any atom is -0.497 e. The normalized spacial score (nSPS) is 13.1. The molecule has 0 fully saturated rings. The van der Waals surface area contributed by atoms with Crippen LogP contribution in [0.5, 0.6) is 5.75 Å². The SMILES string of the molecule is COc1cccc(-c2c(NC(=O)Cc3cccc4c3CCNC4)n[nH]c2C)c1. The van der Waals surface area contributed by atoms with E-state index in [1.165, 1.54) is 11.1 Å². The number of hydrogen-bond acceptors (Lipinski definition) is 4. The maximum atomic E-state index is 12.8. The van der Waals surface area contributed by atoms with Crippen LogP contribution in [0, 0.1) is 6.92 Å². The van der Waals surface area contributed by atoms with Gasteiger partial charge in [-0.2, -0.15) is 5.10 Å². The molecule has 0 unspecified atom stereocenters.